The number of alkyl halides is 3. The Morgan fingerprint density at radius 1 is 1.39 bits per heavy atom. The number of aliphatic hydroxyl groups is 1. The molecule has 0 spiro atoms. The maximum atomic E-state index is 12.4. The first-order valence-electron chi connectivity index (χ1n) is 4.99. The van der Waals surface area contributed by atoms with Crippen molar-refractivity contribution in [1.29, 1.82) is 5.26 Å². The SMILES string of the molecule is N#Cc1ccc(Br)cc1N(CCO)CC(F)(F)F. The third kappa shape index (κ3) is 4.20. The van der Waals surface area contributed by atoms with Crippen LogP contribution in [0.2, 0.25) is 0 Å². The van der Waals surface area contributed by atoms with Gasteiger partial charge in [0.25, 0.3) is 0 Å². The molecule has 0 heterocycles. The molecular formula is C11H10BrF3N2O. The molecule has 0 fully saturated rings. The second-order valence-electron chi connectivity index (χ2n) is 3.53. The van der Waals surface area contributed by atoms with Crippen molar-refractivity contribution in [3.8, 4) is 6.07 Å². The molecule has 1 N–H and O–H groups in total. The zero-order valence-corrected chi connectivity index (χ0v) is 10.8. The number of hydrogen-bond acceptors (Lipinski definition) is 3. The monoisotopic (exact) mass is 322 g/mol. The summed E-state index contributed by atoms with van der Waals surface area (Å²) in [6.07, 6.45) is -4.40. The molecule has 0 radical (unpaired) electrons. The van der Waals surface area contributed by atoms with E-state index in [1.165, 1.54) is 12.1 Å². The van der Waals surface area contributed by atoms with Crippen molar-refractivity contribution in [2.24, 2.45) is 0 Å². The van der Waals surface area contributed by atoms with E-state index in [1.807, 2.05) is 6.07 Å². The van der Waals surface area contributed by atoms with Crippen LogP contribution < -0.4 is 4.90 Å². The molecule has 0 aliphatic heterocycles. The van der Waals surface area contributed by atoms with Gasteiger partial charge >= 0.3 is 6.18 Å². The van der Waals surface area contributed by atoms with E-state index in [2.05, 4.69) is 15.9 Å². The van der Waals surface area contributed by atoms with Crippen LogP contribution in [0.25, 0.3) is 0 Å². The van der Waals surface area contributed by atoms with Crippen LogP contribution in [0.3, 0.4) is 0 Å². The summed E-state index contributed by atoms with van der Waals surface area (Å²) < 4.78 is 37.9. The zero-order valence-electron chi connectivity index (χ0n) is 9.21. The Kier molecular flexibility index (Phi) is 4.99. The van der Waals surface area contributed by atoms with Crippen LogP contribution in [0.4, 0.5) is 18.9 Å². The number of anilines is 1. The molecule has 98 valence electrons. The summed E-state index contributed by atoms with van der Waals surface area (Å²) in [5, 5.41) is 17.7. The van der Waals surface area contributed by atoms with Crippen molar-refractivity contribution >= 4 is 21.6 Å². The molecule has 3 nitrogen and oxygen atoms in total. The molecule has 18 heavy (non-hydrogen) atoms. The van der Waals surface area contributed by atoms with E-state index in [1.54, 1.807) is 6.07 Å². The maximum absolute atomic E-state index is 12.4. The van der Waals surface area contributed by atoms with Crippen LogP contribution in [0.5, 0.6) is 0 Å². The third-order valence-corrected chi connectivity index (χ3v) is 2.65. The zero-order chi connectivity index (χ0) is 13.8. The summed E-state index contributed by atoms with van der Waals surface area (Å²) in [6.45, 7) is -1.82. The highest BCUT2D eigenvalue weighted by Crippen LogP contribution is 2.27. The lowest BCUT2D eigenvalue weighted by molar-refractivity contribution is -0.119. The van der Waals surface area contributed by atoms with Gasteiger partial charge in [0.2, 0.25) is 0 Å². The molecule has 0 aliphatic rings. The first-order chi connectivity index (χ1) is 8.37. The topological polar surface area (TPSA) is 47.3 Å². The number of benzene rings is 1. The van der Waals surface area contributed by atoms with Crippen LogP contribution in [-0.2, 0) is 0 Å². The summed E-state index contributed by atoms with van der Waals surface area (Å²) in [5.41, 5.74) is 0.286. The third-order valence-electron chi connectivity index (χ3n) is 2.16. The summed E-state index contributed by atoms with van der Waals surface area (Å²) in [7, 11) is 0. The van der Waals surface area contributed by atoms with Gasteiger partial charge in [-0.15, -0.1) is 0 Å². The van der Waals surface area contributed by atoms with Crippen molar-refractivity contribution in [3.05, 3.63) is 28.2 Å². The molecule has 0 aliphatic carbocycles. The van der Waals surface area contributed by atoms with E-state index in [0.717, 1.165) is 4.90 Å². The Bertz CT molecular complexity index is 457. The average Bonchev–Trinajstić information content (AvgIpc) is 2.26. The van der Waals surface area contributed by atoms with Gasteiger partial charge in [-0.25, -0.2) is 0 Å². The van der Waals surface area contributed by atoms with Gasteiger partial charge in [-0.2, -0.15) is 18.4 Å². The highest BCUT2D eigenvalue weighted by atomic mass is 79.9. The lowest BCUT2D eigenvalue weighted by atomic mass is 10.1. The molecule has 0 bridgehead atoms. The van der Waals surface area contributed by atoms with E-state index < -0.39 is 19.3 Å². The van der Waals surface area contributed by atoms with Gasteiger partial charge < -0.3 is 10.0 Å². The van der Waals surface area contributed by atoms with Gasteiger partial charge in [0, 0.05) is 11.0 Å². The van der Waals surface area contributed by atoms with Crippen molar-refractivity contribution in [3.63, 3.8) is 0 Å². The largest absolute Gasteiger partial charge is 0.405 e. The minimum Gasteiger partial charge on any atom is -0.395 e. The summed E-state index contributed by atoms with van der Waals surface area (Å²) in [4.78, 5) is 0.934. The Morgan fingerprint density at radius 2 is 2.06 bits per heavy atom. The first kappa shape index (κ1) is 14.8. The molecule has 0 saturated carbocycles. The number of aliphatic hydroxyl groups excluding tert-OH is 1. The fraction of sp³-hybridized carbons (Fsp3) is 0.364. The van der Waals surface area contributed by atoms with Crippen molar-refractivity contribution in [2.75, 3.05) is 24.6 Å². The van der Waals surface area contributed by atoms with Crippen LogP contribution in [-0.4, -0.2) is 31.0 Å². The summed E-state index contributed by atoms with van der Waals surface area (Å²) in [6, 6.07) is 6.27. The van der Waals surface area contributed by atoms with Gasteiger partial charge in [0.1, 0.15) is 12.6 Å². The molecular weight excluding hydrogens is 313 g/mol. The van der Waals surface area contributed by atoms with E-state index in [0.29, 0.717) is 4.47 Å². The maximum Gasteiger partial charge on any atom is 0.405 e. The number of hydrogen-bond donors (Lipinski definition) is 1. The molecule has 1 aromatic rings. The molecule has 7 heteroatoms. The van der Waals surface area contributed by atoms with E-state index in [4.69, 9.17) is 10.4 Å². The van der Waals surface area contributed by atoms with Gasteiger partial charge in [-0.3, -0.25) is 0 Å². The van der Waals surface area contributed by atoms with Gasteiger partial charge in [-0.1, -0.05) is 15.9 Å². The van der Waals surface area contributed by atoms with E-state index in [9.17, 15) is 13.2 Å². The first-order valence-corrected chi connectivity index (χ1v) is 5.79. The predicted molar refractivity (Wildman–Crippen MR) is 64.2 cm³/mol. The Morgan fingerprint density at radius 3 is 2.56 bits per heavy atom. The van der Waals surface area contributed by atoms with E-state index >= 15 is 0 Å². The molecule has 1 aromatic carbocycles. The summed E-state index contributed by atoms with van der Waals surface area (Å²) in [5.74, 6) is 0. The standard InChI is InChI=1S/C11H10BrF3N2O/c12-9-2-1-8(6-16)10(5-9)17(3-4-18)7-11(13,14)15/h1-2,5,18H,3-4,7H2. The normalized spacial score (nSPS) is 11.1. The smallest absolute Gasteiger partial charge is 0.395 e. The Hall–Kier alpha value is -1.26. The van der Waals surface area contributed by atoms with Crippen LogP contribution in [0.15, 0.2) is 22.7 Å². The van der Waals surface area contributed by atoms with Crippen LogP contribution >= 0.6 is 15.9 Å². The van der Waals surface area contributed by atoms with Crippen molar-refractivity contribution in [2.45, 2.75) is 6.18 Å². The van der Waals surface area contributed by atoms with Gasteiger partial charge in [0.05, 0.1) is 17.9 Å². The molecule has 0 amide bonds. The number of nitrogens with zero attached hydrogens (tertiary/aromatic N) is 2. The van der Waals surface area contributed by atoms with Gasteiger partial charge in [0.15, 0.2) is 0 Å². The predicted octanol–water partition coefficient (Wildman–Crippen LogP) is 2.68. The van der Waals surface area contributed by atoms with E-state index in [-0.39, 0.29) is 17.8 Å². The fourth-order valence-corrected chi connectivity index (χ4v) is 1.83. The highest BCUT2D eigenvalue weighted by Gasteiger charge is 2.31. The Balaban J connectivity index is 3.12. The number of rotatable bonds is 4. The second-order valence-corrected chi connectivity index (χ2v) is 4.45. The highest BCUT2D eigenvalue weighted by molar-refractivity contribution is 9.10. The lowest BCUT2D eigenvalue weighted by Gasteiger charge is -2.26. The molecule has 0 saturated heterocycles. The molecule has 0 atom stereocenters. The van der Waals surface area contributed by atoms with Crippen LogP contribution in [0.1, 0.15) is 5.56 Å². The van der Waals surface area contributed by atoms with Crippen LogP contribution in [0, 0.1) is 11.3 Å². The Labute approximate surface area is 111 Å². The van der Waals surface area contributed by atoms with Crippen molar-refractivity contribution in [1.82, 2.24) is 0 Å². The molecule has 0 aromatic heterocycles. The fourth-order valence-electron chi connectivity index (χ4n) is 1.48. The average molecular weight is 323 g/mol. The lowest BCUT2D eigenvalue weighted by Crippen LogP contribution is -2.36. The number of halogens is 4. The second kappa shape index (κ2) is 6.07. The van der Waals surface area contributed by atoms with Crippen molar-refractivity contribution < 1.29 is 18.3 Å². The number of nitriles is 1. The van der Waals surface area contributed by atoms with Gasteiger partial charge in [-0.05, 0) is 18.2 Å². The minimum absolute atomic E-state index is 0.135. The summed E-state index contributed by atoms with van der Waals surface area (Å²) >= 11 is 3.14. The molecule has 0 unspecified atom stereocenters. The quantitative estimate of drug-likeness (QED) is 0.927. The minimum atomic E-state index is -4.40. The molecule has 1 rings (SSSR count).